The van der Waals surface area contributed by atoms with Crippen LogP contribution in [-0.4, -0.2) is 46.7 Å². The molecule has 2 aromatic rings. The molecule has 126 valence electrons. The van der Waals surface area contributed by atoms with Crippen LogP contribution in [0, 0.1) is 0 Å². The minimum Gasteiger partial charge on any atom is -0.339 e. The lowest BCUT2D eigenvalue weighted by Crippen LogP contribution is -2.51. The Morgan fingerprint density at radius 1 is 1.17 bits per heavy atom. The van der Waals surface area contributed by atoms with Gasteiger partial charge in [0, 0.05) is 56.4 Å². The van der Waals surface area contributed by atoms with E-state index in [2.05, 4.69) is 30.5 Å². The van der Waals surface area contributed by atoms with E-state index in [1.54, 1.807) is 24.7 Å². The standard InChI is InChI=1S/C17H22N6O/c24-17(21-11-7-14-5-1-2-8-18-14)22-15-6-3-12-23(13-15)16-19-9-4-10-20-16/h1-2,4-5,8-10,15H,3,6-7,11-13H2,(H2,21,22,24)/t15-/m1/s1. The van der Waals surface area contributed by atoms with Crippen LogP contribution in [0.4, 0.5) is 10.7 Å². The quantitative estimate of drug-likeness (QED) is 0.867. The van der Waals surface area contributed by atoms with Crippen molar-refractivity contribution >= 4 is 12.0 Å². The number of urea groups is 1. The third-order valence-corrected chi connectivity index (χ3v) is 3.98. The van der Waals surface area contributed by atoms with Crippen LogP contribution in [0.25, 0.3) is 0 Å². The Balaban J connectivity index is 1.42. The zero-order valence-electron chi connectivity index (χ0n) is 13.6. The van der Waals surface area contributed by atoms with Crippen LogP contribution >= 0.6 is 0 Å². The maximum atomic E-state index is 12.1. The molecule has 3 rings (SSSR count). The van der Waals surface area contributed by atoms with Gasteiger partial charge in [0.1, 0.15) is 0 Å². The Morgan fingerprint density at radius 2 is 2.00 bits per heavy atom. The number of carbonyl (C=O) groups is 1. The van der Waals surface area contributed by atoms with Gasteiger partial charge in [-0.15, -0.1) is 0 Å². The summed E-state index contributed by atoms with van der Waals surface area (Å²) >= 11 is 0. The van der Waals surface area contributed by atoms with E-state index in [-0.39, 0.29) is 12.1 Å². The maximum absolute atomic E-state index is 12.1. The Morgan fingerprint density at radius 3 is 2.79 bits per heavy atom. The first-order valence-electron chi connectivity index (χ1n) is 8.27. The maximum Gasteiger partial charge on any atom is 0.315 e. The number of hydrogen-bond donors (Lipinski definition) is 2. The molecule has 1 atom stereocenters. The lowest BCUT2D eigenvalue weighted by atomic mass is 10.1. The number of nitrogens with zero attached hydrogens (tertiary/aromatic N) is 4. The van der Waals surface area contributed by atoms with Crippen molar-refractivity contribution in [2.45, 2.75) is 25.3 Å². The van der Waals surface area contributed by atoms with Crippen LogP contribution in [0.15, 0.2) is 42.9 Å². The highest BCUT2D eigenvalue weighted by atomic mass is 16.2. The number of anilines is 1. The largest absolute Gasteiger partial charge is 0.339 e. The van der Waals surface area contributed by atoms with Crippen molar-refractivity contribution in [3.63, 3.8) is 0 Å². The molecule has 0 bridgehead atoms. The Hall–Kier alpha value is -2.70. The third kappa shape index (κ3) is 4.65. The summed E-state index contributed by atoms with van der Waals surface area (Å²) in [6.07, 6.45) is 7.95. The van der Waals surface area contributed by atoms with Gasteiger partial charge in [0.05, 0.1) is 0 Å². The Labute approximate surface area is 141 Å². The van der Waals surface area contributed by atoms with Crippen LogP contribution in [0.5, 0.6) is 0 Å². The number of amides is 2. The lowest BCUT2D eigenvalue weighted by molar-refractivity contribution is 0.235. The van der Waals surface area contributed by atoms with Gasteiger partial charge in [-0.3, -0.25) is 4.98 Å². The van der Waals surface area contributed by atoms with Crippen molar-refractivity contribution in [1.29, 1.82) is 0 Å². The van der Waals surface area contributed by atoms with Gasteiger partial charge >= 0.3 is 6.03 Å². The van der Waals surface area contributed by atoms with Crippen molar-refractivity contribution in [2.75, 3.05) is 24.5 Å². The molecule has 24 heavy (non-hydrogen) atoms. The number of aromatic nitrogens is 3. The monoisotopic (exact) mass is 326 g/mol. The van der Waals surface area contributed by atoms with Gasteiger partial charge < -0.3 is 15.5 Å². The summed E-state index contributed by atoms with van der Waals surface area (Å²) in [5.74, 6) is 0.722. The lowest BCUT2D eigenvalue weighted by Gasteiger charge is -2.33. The summed E-state index contributed by atoms with van der Waals surface area (Å²) in [6.45, 7) is 2.22. The first-order chi connectivity index (χ1) is 11.8. The number of pyridine rings is 1. The second-order valence-corrected chi connectivity index (χ2v) is 5.81. The smallest absolute Gasteiger partial charge is 0.315 e. The molecule has 1 saturated heterocycles. The summed E-state index contributed by atoms with van der Waals surface area (Å²) in [5.41, 5.74) is 0.975. The number of carbonyl (C=O) groups excluding carboxylic acids is 1. The topological polar surface area (TPSA) is 83.0 Å². The molecule has 0 saturated carbocycles. The minimum absolute atomic E-state index is 0.109. The minimum atomic E-state index is -0.133. The summed E-state index contributed by atoms with van der Waals surface area (Å²) in [5, 5.41) is 5.93. The van der Waals surface area contributed by atoms with E-state index in [9.17, 15) is 4.79 Å². The number of hydrogen-bond acceptors (Lipinski definition) is 5. The second-order valence-electron chi connectivity index (χ2n) is 5.81. The Kier molecular flexibility index (Phi) is 5.55. The van der Waals surface area contributed by atoms with E-state index in [4.69, 9.17) is 0 Å². The normalized spacial score (nSPS) is 17.3. The predicted molar refractivity (Wildman–Crippen MR) is 91.7 cm³/mol. The number of piperidine rings is 1. The van der Waals surface area contributed by atoms with E-state index in [0.717, 1.165) is 44.0 Å². The SMILES string of the molecule is O=C(NCCc1ccccn1)N[C@@H]1CCCN(c2ncccn2)C1. The molecular formula is C17H22N6O. The molecule has 3 heterocycles. The van der Waals surface area contributed by atoms with Gasteiger partial charge in [-0.05, 0) is 31.0 Å². The van der Waals surface area contributed by atoms with Crippen LogP contribution in [-0.2, 0) is 6.42 Å². The van der Waals surface area contributed by atoms with Crippen molar-refractivity contribution in [3.05, 3.63) is 48.5 Å². The average molecular weight is 326 g/mol. The van der Waals surface area contributed by atoms with Gasteiger partial charge in [0.25, 0.3) is 0 Å². The summed E-state index contributed by atoms with van der Waals surface area (Å²) in [7, 11) is 0. The van der Waals surface area contributed by atoms with Crippen LogP contribution < -0.4 is 15.5 Å². The summed E-state index contributed by atoms with van der Waals surface area (Å²) in [4.78, 5) is 27.0. The van der Waals surface area contributed by atoms with Crippen LogP contribution in [0.2, 0.25) is 0 Å². The molecule has 0 aromatic carbocycles. The van der Waals surface area contributed by atoms with Crippen molar-refractivity contribution in [2.24, 2.45) is 0 Å². The van der Waals surface area contributed by atoms with Crippen LogP contribution in [0.1, 0.15) is 18.5 Å². The highest BCUT2D eigenvalue weighted by molar-refractivity contribution is 5.74. The van der Waals surface area contributed by atoms with Crippen LogP contribution in [0.3, 0.4) is 0 Å². The van der Waals surface area contributed by atoms with Crippen molar-refractivity contribution in [1.82, 2.24) is 25.6 Å². The van der Waals surface area contributed by atoms with Crippen molar-refractivity contribution in [3.8, 4) is 0 Å². The van der Waals surface area contributed by atoms with Gasteiger partial charge in [-0.1, -0.05) is 6.07 Å². The molecule has 7 nitrogen and oxygen atoms in total. The summed E-state index contributed by atoms with van der Waals surface area (Å²) < 4.78 is 0. The number of rotatable bonds is 5. The zero-order chi connectivity index (χ0) is 16.6. The zero-order valence-corrected chi connectivity index (χ0v) is 13.6. The van der Waals surface area contributed by atoms with Crippen molar-refractivity contribution < 1.29 is 4.79 Å². The molecule has 0 unspecified atom stereocenters. The highest BCUT2D eigenvalue weighted by Gasteiger charge is 2.22. The summed E-state index contributed by atoms with van der Waals surface area (Å²) in [6, 6.07) is 7.57. The first kappa shape index (κ1) is 16.2. The van der Waals surface area contributed by atoms with E-state index >= 15 is 0 Å². The molecule has 1 aliphatic rings. The van der Waals surface area contributed by atoms with Gasteiger partial charge in [-0.2, -0.15) is 0 Å². The van der Waals surface area contributed by atoms with E-state index < -0.39 is 0 Å². The van der Waals surface area contributed by atoms with Gasteiger partial charge in [-0.25, -0.2) is 14.8 Å². The molecule has 1 aliphatic heterocycles. The van der Waals surface area contributed by atoms with Gasteiger partial charge in [0.2, 0.25) is 5.95 Å². The van der Waals surface area contributed by atoms with E-state index in [1.807, 2.05) is 18.2 Å². The van der Waals surface area contributed by atoms with Gasteiger partial charge in [0.15, 0.2) is 0 Å². The Bertz CT molecular complexity index is 636. The molecule has 7 heteroatoms. The molecule has 0 spiro atoms. The molecule has 2 N–H and O–H groups in total. The second kappa shape index (κ2) is 8.24. The number of nitrogens with one attached hydrogen (secondary N) is 2. The van der Waals surface area contributed by atoms with E-state index in [1.165, 1.54) is 0 Å². The average Bonchev–Trinajstić information content (AvgIpc) is 2.63. The fourth-order valence-electron chi connectivity index (χ4n) is 2.82. The third-order valence-electron chi connectivity index (χ3n) is 3.98. The molecule has 2 amide bonds. The molecule has 1 fully saturated rings. The molecule has 2 aromatic heterocycles. The van der Waals surface area contributed by atoms with E-state index in [0.29, 0.717) is 6.54 Å². The molecule has 0 radical (unpaired) electrons. The first-order valence-corrected chi connectivity index (χ1v) is 8.27. The molecular weight excluding hydrogens is 304 g/mol. The fraction of sp³-hybridized carbons (Fsp3) is 0.412. The highest BCUT2D eigenvalue weighted by Crippen LogP contribution is 2.15. The molecule has 0 aliphatic carbocycles. The fourth-order valence-corrected chi connectivity index (χ4v) is 2.82. The predicted octanol–water partition coefficient (Wildman–Crippen LogP) is 1.38.